The summed E-state index contributed by atoms with van der Waals surface area (Å²) in [5.74, 6) is 0.395. The van der Waals surface area contributed by atoms with E-state index in [4.69, 9.17) is 4.74 Å². The molecular weight excluding hydrogens is 444 g/mol. The van der Waals surface area contributed by atoms with Crippen molar-refractivity contribution in [3.05, 3.63) is 106 Å². The average molecular weight is 463 g/mol. The minimum atomic E-state index is -0.412. The van der Waals surface area contributed by atoms with E-state index in [1.807, 2.05) is 78.9 Å². The van der Waals surface area contributed by atoms with E-state index in [0.717, 1.165) is 26.9 Å². The van der Waals surface area contributed by atoms with Crippen LogP contribution < -0.4 is 10.1 Å². The molecule has 1 aliphatic heterocycles. The Morgan fingerprint density at radius 1 is 0.867 bits per heavy atom. The molecule has 4 rings (SSSR count). The number of benzene rings is 3. The first kappa shape index (κ1) is 19.9. The number of amides is 3. The molecule has 0 saturated carbocycles. The van der Waals surface area contributed by atoms with E-state index in [9.17, 15) is 9.59 Å². The lowest BCUT2D eigenvalue weighted by Gasteiger charge is -2.11. The fraction of sp³-hybridized carbons (Fsp3) is 0.0833. The summed E-state index contributed by atoms with van der Waals surface area (Å²) >= 11 is 3.41. The van der Waals surface area contributed by atoms with Crippen LogP contribution in [0.5, 0.6) is 5.75 Å². The maximum atomic E-state index is 12.6. The monoisotopic (exact) mass is 462 g/mol. The molecule has 0 atom stereocenters. The van der Waals surface area contributed by atoms with E-state index in [2.05, 4.69) is 21.2 Å². The minimum Gasteiger partial charge on any atom is -0.489 e. The van der Waals surface area contributed by atoms with E-state index >= 15 is 0 Å². The molecule has 3 aromatic rings. The van der Waals surface area contributed by atoms with Gasteiger partial charge in [-0.3, -0.25) is 9.69 Å². The smallest absolute Gasteiger partial charge is 0.329 e. The second kappa shape index (κ2) is 8.97. The average Bonchev–Trinajstić information content (AvgIpc) is 3.02. The Morgan fingerprint density at radius 3 is 2.27 bits per heavy atom. The number of rotatable bonds is 6. The molecule has 0 bridgehead atoms. The largest absolute Gasteiger partial charge is 0.489 e. The quantitative estimate of drug-likeness (QED) is 0.408. The van der Waals surface area contributed by atoms with E-state index in [-0.39, 0.29) is 18.1 Å². The molecule has 1 N–H and O–H groups in total. The zero-order chi connectivity index (χ0) is 20.9. The van der Waals surface area contributed by atoms with Crippen molar-refractivity contribution in [2.75, 3.05) is 0 Å². The predicted molar refractivity (Wildman–Crippen MR) is 118 cm³/mol. The molecule has 0 spiro atoms. The van der Waals surface area contributed by atoms with E-state index in [0.29, 0.717) is 6.61 Å². The molecule has 150 valence electrons. The van der Waals surface area contributed by atoms with Gasteiger partial charge in [0.2, 0.25) is 0 Å². The molecule has 0 unspecified atom stereocenters. The summed E-state index contributed by atoms with van der Waals surface area (Å²) in [6, 6.07) is 24.3. The number of urea groups is 1. The first-order valence-corrected chi connectivity index (χ1v) is 10.2. The number of carbonyl (C=O) groups is 2. The molecule has 5 nitrogen and oxygen atoms in total. The van der Waals surface area contributed by atoms with Gasteiger partial charge in [0.05, 0.1) is 6.54 Å². The Morgan fingerprint density at radius 2 is 1.57 bits per heavy atom. The van der Waals surface area contributed by atoms with Gasteiger partial charge >= 0.3 is 6.03 Å². The van der Waals surface area contributed by atoms with Gasteiger partial charge in [0.15, 0.2) is 0 Å². The lowest BCUT2D eigenvalue weighted by Crippen LogP contribution is -2.30. The van der Waals surface area contributed by atoms with Crippen molar-refractivity contribution in [1.82, 2.24) is 10.2 Å². The standard InChI is InChI=1S/C24H19BrN2O3/c25-20-10-6-19(7-11-20)16-30-21-12-8-17(9-13-21)14-22-23(28)27(24(29)26-22)15-18-4-2-1-3-5-18/h1-14H,15-16H2,(H,26,29)/b22-14+. The number of carbonyl (C=O) groups excluding carboxylic acids is 2. The highest BCUT2D eigenvalue weighted by Crippen LogP contribution is 2.20. The summed E-state index contributed by atoms with van der Waals surface area (Å²) in [6.07, 6.45) is 1.67. The third-order valence-corrected chi connectivity index (χ3v) is 5.18. The zero-order valence-corrected chi connectivity index (χ0v) is 17.6. The third kappa shape index (κ3) is 4.78. The molecule has 3 aromatic carbocycles. The number of halogens is 1. The van der Waals surface area contributed by atoms with Crippen molar-refractivity contribution in [3.8, 4) is 5.75 Å². The second-order valence-corrected chi connectivity index (χ2v) is 7.76. The highest BCUT2D eigenvalue weighted by molar-refractivity contribution is 9.10. The van der Waals surface area contributed by atoms with Gasteiger partial charge in [0, 0.05) is 4.47 Å². The van der Waals surface area contributed by atoms with Crippen molar-refractivity contribution in [3.63, 3.8) is 0 Å². The fourth-order valence-corrected chi connectivity index (χ4v) is 3.32. The van der Waals surface area contributed by atoms with Gasteiger partial charge in [-0.2, -0.15) is 0 Å². The van der Waals surface area contributed by atoms with Crippen molar-refractivity contribution in [2.24, 2.45) is 0 Å². The van der Waals surface area contributed by atoms with Gasteiger partial charge in [-0.1, -0.05) is 70.5 Å². The van der Waals surface area contributed by atoms with Crippen LogP contribution in [-0.2, 0) is 17.9 Å². The Kier molecular flexibility index (Phi) is 5.95. The molecule has 3 amide bonds. The third-order valence-electron chi connectivity index (χ3n) is 4.66. The molecule has 1 aliphatic rings. The maximum absolute atomic E-state index is 12.6. The molecule has 0 aromatic heterocycles. The van der Waals surface area contributed by atoms with Gasteiger partial charge in [0.25, 0.3) is 5.91 Å². The van der Waals surface area contributed by atoms with Gasteiger partial charge in [-0.25, -0.2) is 4.79 Å². The molecule has 1 fully saturated rings. The van der Waals surface area contributed by atoms with Crippen LogP contribution in [0.25, 0.3) is 6.08 Å². The molecule has 0 aliphatic carbocycles. The Balaban J connectivity index is 1.40. The first-order chi connectivity index (χ1) is 14.6. The van der Waals surface area contributed by atoms with Gasteiger partial charge in [0.1, 0.15) is 18.1 Å². The predicted octanol–water partition coefficient (Wildman–Crippen LogP) is 5.12. The lowest BCUT2D eigenvalue weighted by molar-refractivity contribution is -0.123. The van der Waals surface area contributed by atoms with E-state index in [1.54, 1.807) is 6.08 Å². The Labute approximate surface area is 183 Å². The van der Waals surface area contributed by atoms with Crippen LogP contribution in [0.3, 0.4) is 0 Å². The van der Waals surface area contributed by atoms with E-state index in [1.165, 1.54) is 4.90 Å². The normalized spacial score (nSPS) is 14.8. The summed E-state index contributed by atoms with van der Waals surface area (Å²) < 4.78 is 6.82. The van der Waals surface area contributed by atoms with Gasteiger partial charge in [-0.15, -0.1) is 0 Å². The number of hydrogen-bond acceptors (Lipinski definition) is 3. The molecule has 1 heterocycles. The molecule has 0 radical (unpaired) electrons. The number of imide groups is 1. The van der Waals surface area contributed by atoms with Crippen molar-refractivity contribution < 1.29 is 14.3 Å². The van der Waals surface area contributed by atoms with Crippen molar-refractivity contribution >= 4 is 33.9 Å². The summed E-state index contributed by atoms with van der Waals surface area (Å²) in [5, 5.41) is 2.65. The lowest BCUT2D eigenvalue weighted by atomic mass is 10.1. The zero-order valence-electron chi connectivity index (χ0n) is 16.0. The number of hydrogen-bond donors (Lipinski definition) is 1. The van der Waals surface area contributed by atoms with Crippen molar-refractivity contribution in [2.45, 2.75) is 13.2 Å². The second-order valence-electron chi connectivity index (χ2n) is 6.85. The van der Waals surface area contributed by atoms with Gasteiger partial charge in [-0.05, 0) is 47.0 Å². The number of ether oxygens (including phenoxy) is 1. The first-order valence-electron chi connectivity index (χ1n) is 9.44. The Bertz CT molecular complexity index is 1080. The van der Waals surface area contributed by atoms with Gasteiger partial charge < -0.3 is 10.1 Å². The van der Waals surface area contributed by atoms with E-state index < -0.39 is 6.03 Å². The Hall–Kier alpha value is -3.38. The maximum Gasteiger partial charge on any atom is 0.329 e. The summed E-state index contributed by atoms with van der Waals surface area (Å²) in [7, 11) is 0. The molecular formula is C24H19BrN2O3. The van der Waals surface area contributed by atoms with Crippen LogP contribution in [0.4, 0.5) is 4.79 Å². The number of nitrogens with zero attached hydrogens (tertiary/aromatic N) is 1. The van der Waals surface area contributed by atoms with Crippen LogP contribution in [-0.4, -0.2) is 16.8 Å². The van der Waals surface area contributed by atoms with Crippen LogP contribution in [0.15, 0.2) is 89.0 Å². The molecule has 30 heavy (non-hydrogen) atoms. The van der Waals surface area contributed by atoms with Crippen LogP contribution >= 0.6 is 15.9 Å². The summed E-state index contributed by atoms with van der Waals surface area (Å²) in [5.41, 5.74) is 3.03. The fourth-order valence-electron chi connectivity index (χ4n) is 3.06. The summed E-state index contributed by atoms with van der Waals surface area (Å²) in [6.45, 7) is 0.711. The molecule has 6 heteroatoms. The SMILES string of the molecule is O=C1N/C(=C/c2ccc(OCc3ccc(Br)cc3)cc2)C(=O)N1Cc1ccccc1. The number of nitrogens with one attached hydrogen (secondary N) is 1. The van der Waals surface area contributed by atoms with Crippen LogP contribution in [0.1, 0.15) is 16.7 Å². The molecule has 1 saturated heterocycles. The van der Waals surface area contributed by atoms with Crippen LogP contribution in [0.2, 0.25) is 0 Å². The van der Waals surface area contributed by atoms with Crippen molar-refractivity contribution in [1.29, 1.82) is 0 Å². The highest BCUT2D eigenvalue weighted by atomic mass is 79.9. The van der Waals surface area contributed by atoms with Crippen LogP contribution in [0, 0.1) is 0 Å². The highest BCUT2D eigenvalue weighted by Gasteiger charge is 2.33. The topological polar surface area (TPSA) is 58.6 Å². The summed E-state index contributed by atoms with van der Waals surface area (Å²) in [4.78, 5) is 26.0. The minimum absolute atomic E-state index is 0.242.